The summed E-state index contributed by atoms with van der Waals surface area (Å²) in [5.74, 6) is 3.92. The van der Waals surface area contributed by atoms with Gasteiger partial charge in [-0.15, -0.1) is 12.3 Å². The summed E-state index contributed by atoms with van der Waals surface area (Å²) in [6.07, 6.45) is 7.40. The molecule has 0 saturated heterocycles. The highest BCUT2D eigenvalue weighted by atomic mass is 35.5. The summed E-state index contributed by atoms with van der Waals surface area (Å²) in [6, 6.07) is 3.63. The van der Waals surface area contributed by atoms with E-state index in [0.717, 1.165) is 12.0 Å². The number of methoxy groups -OCH3 is 1. The second kappa shape index (κ2) is 7.93. The molecule has 0 saturated carbocycles. The van der Waals surface area contributed by atoms with Crippen molar-refractivity contribution in [3.05, 3.63) is 22.7 Å². The van der Waals surface area contributed by atoms with Crippen molar-refractivity contribution in [1.82, 2.24) is 0 Å². The predicted octanol–water partition coefficient (Wildman–Crippen LogP) is 3.03. The lowest BCUT2D eigenvalue weighted by molar-refractivity contribution is 0.287. The zero-order chi connectivity index (χ0) is 14.3. The molecule has 2 N–H and O–H groups in total. The Labute approximate surface area is 120 Å². The summed E-state index contributed by atoms with van der Waals surface area (Å²) in [5, 5.41) is 0.614. The Balaban J connectivity index is 2.92. The molecule has 0 aliphatic rings. The second-order valence-electron chi connectivity index (χ2n) is 4.43. The molecule has 0 radical (unpaired) electrons. The maximum atomic E-state index is 6.07. The zero-order valence-electron chi connectivity index (χ0n) is 11.4. The minimum atomic E-state index is 0.0243. The van der Waals surface area contributed by atoms with Crippen LogP contribution in [0, 0.1) is 12.3 Å². The molecule has 1 rings (SSSR count). The number of terminal acetylenes is 1. The molecule has 0 aliphatic carbocycles. The number of rotatable bonds is 7. The Bertz CT molecular complexity index is 452. The summed E-state index contributed by atoms with van der Waals surface area (Å²) >= 11 is 6.07. The Hall–Kier alpha value is -1.37. The average molecular weight is 282 g/mol. The second-order valence-corrected chi connectivity index (χ2v) is 4.87. The largest absolute Gasteiger partial charge is 0.493 e. The van der Waals surface area contributed by atoms with Crippen LogP contribution >= 0.6 is 11.6 Å². The van der Waals surface area contributed by atoms with E-state index in [1.165, 1.54) is 0 Å². The molecule has 1 aromatic carbocycles. The van der Waals surface area contributed by atoms with Gasteiger partial charge in [-0.3, -0.25) is 0 Å². The standard InChI is InChI=1S/C15H20ClNO2/c1-4-5-6-7-19-15-12(8-11(2)17)9-13(16)10-14(15)18-3/h1,9-11H,5-8,17H2,2-3H3. The van der Waals surface area contributed by atoms with Crippen molar-refractivity contribution in [1.29, 1.82) is 0 Å². The normalized spacial score (nSPS) is 11.7. The topological polar surface area (TPSA) is 44.5 Å². The van der Waals surface area contributed by atoms with Crippen molar-refractivity contribution in [2.45, 2.75) is 32.2 Å². The highest BCUT2D eigenvalue weighted by Gasteiger charge is 2.14. The van der Waals surface area contributed by atoms with Gasteiger partial charge in [0.05, 0.1) is 13.7 Å². The first-order valence-electron chi connectivity index (χ1n) is 6.26. The third-order valence-electron chi connectivity index (χ3n) is 2.57. The van der Waals surface area contributed by atoms with E-state index in [1.807, 2.05) is 13.0 Å². The fourth-order valence-corrected chi connectivity index (χ4v) is 2.02. The maximum absolute atomic E-state index is 6.07. The monoisotopic (exact) mass is 281 g/mol. The van der Waals surface area contributed by atoms with Crippen LogP contribution in [0.25, 0.3) is 0 Å². The summed E-state index contributed by atoms with van der Waals surface area (Å²) in [4.78, 5) is 0. The van der Waals surface area contributed by atoms with E-state index in [-0.39, 0.29) is 6.04 Å². The lowest BCUT2D eigenvalue weighted by Crippen LogP contribution is -2.18. The van der Waals surface area contributed by atoms with Gasteiger partial charge < -0.3 is 15.2 Å². The smallest absolute Gasteiger partial charge is 0.164 e. The van der Waals surface area contributed by atoms with Gasteiger partial charge >= 0.3 is 0 Å². The molecule has 0 heterocycles. The molecule has 0 amide bonds. The highest BCUT2D eigenvalue weighted by Crippen LogP contribution is 2.35. The molecule has 1 aromatic rings. The van der Waals surface area contributed by atoms with Gasteiger partial charge in [-0.25, -0.2) is 0 Å². The van der Waals surface area contributed by atoms with Gasteiger partial charge in [0.25, 0.3) is 0 Å². The van der Waals surface area contributed by atoms with Crippen molar-refractivity contribution >= 4 is 11.6 Å². The number of ether oxygens (including phenoxy) is 2. The van der Waals surface area contributed by atoms with Crippen LogP contribution in [0.4, 0.5) is 0 Å². The Kier molecular flexibility index (Phi) is 6.55. The molecular weight excluding hydrogens is 262 g/mol. The molecule has 1 atom stereocenters. The van der Waals surface area contributed by atoms with Crippen molar-refractivity contribution in [2.75, 3.05) is 13.7 Å². The van der Waals surface area contributed by atoms with E-state index in [0.29, 0.717) is 36.0 Å². The van der Waals surface area contributed by atoms with Crippen LogP contribution in [0.3, 0.4) is 0 Å². The average Bonchev–Trinajstić information content (AvgIpc) is 2.35. The lowest BCUT2D eigenvalue weighted by Gasteiger charge is -2.16. The van der Waals surface area contributed by atoms with Gasteiger partial charge in [0.15, 0.2) is 11.5 Å². The number of benzene rings is 1. The van der Waals surface area contributed by atoms with Crippen LogP contribution in [0.15, 0.2) is 12.1 Å². The van der Waals surface area contributed by atoms with Crippen LogP contribution < -0.4 is 15.2 Å². The molecule has 19 heavy (non-hydrogen) atoms. The number of halogens is 1. The maximum Gasteiger partial charge on any atom is 0.164 e. The fourth-order valence-electron chi connectivity index (χ4n) is 1.79. The predicted molar refractivity (Wildman–Crippen MR) is 78.9 cm³/mol. The molecule has 0 spiro atoms. The first-order chi connectivity index (χ1) is 9.08. The molecule has 4 heteroatoms. The van der Waals surface area contributed by atoms with Gasteiger partial charge in [0, 0.05) is 29.1 Å². The van der Waals surface area contributed by atoms with Crippen LogP contribution in [-0.2, 0) is 6.42 Å². The first kappa shape index (κ1) is 15.7. The summed E-state index contributed by atoms with van der Waals surface area (Å²) in [7, 11) is 1.59. The molecule has 0 fully saturated rings. The summed E-state index contributed by atoms with van der Waals surface area (Å²) < 4.78 is 11.1. The molecule has 0 bridgehead atoms. The Morgan fingerprint density at radius 1 is 1.47 bits per heavy atom. The number of nitrogens with two attached hydrogens (primary N) is 1. The third-order valence-corrected chi connectivity index (χ3v) is 2.79. The molecule has 3 nitrogen and oxygen atoms in total. The van der Waals surface area contributed by atoms with Crippen molar-refractivity contribution in [2.24, 2.45) is 5.73 Å². The van der Waals surface area contributed by atoms with Gasteiger partial charge in [0.1, 0.15) is 0 Å². The molecule has 0 aliphatic heterocycles. The van der Waals surface area contributed by atoms with Crippen LogP contribution in [0.1, 0.15) is 25.3 Å². The van der Waals surface area contributed by atoms with Crippen molar-refractivity contribution in [3.63, 3.8) is 0 Å². The quantitative estimate of drug-likeness (QED) is 0.617. The Morgan fingerprint density at radius 2 is 2.21 bits per heavy atom. The van der Waals surface area contributed by atoms with E-state index in [2.05, 4.69) is 5.92 Å². The molecule has 0 aromatic heterocycles. The van der Waals surface area contributed by atoms with Gasteiger partial charge in [-0.1, -0.05) is 11.6 Å². The number of hydrogen-bond donors (Lipinski definition) is 1. The molecule has 104 valence electrons. The minimum absolute atomic E-state index is 0.0243. The van der Waals surface area contributed by atoms with E-state index in [1.54, 1.807) is 13.2 Å². The minimum Gasteiger partial charge on any atom is -0.493 e. The van der Waals surface area contributed by atoms with Crippen LogP contribution in [-0.4, -0.2) is 19.8 Å². The van der Waals surface area contributed by atoms with E-state index in [9.17, 15) is 0 Å². The number of unbranched alkanes of at least 4 members (excludes halogenated alkanes) is 1. The zero-order valence-corrected chi connectivity index (χ0v) is 12.2. The van der Waals surface area contributed by atoms with E-state index in [4.69, 9.17) is 33.2 Å². The lowest BCUT2D eigenvalue weighted by atomic mass is 10.1. The van der Waals surface area contributed by atoms with Gasteiger partial charge in [-0.05, 0) is 25.8 Å². The molecule has 1 unspecified atom stereocenters. The number of hydrogen-bond acceptors (Lipinski definition) is 3. The first-order valence-corrected chi connectivity index (χ1v) is 6.64. The van der Waals surface area contributed by atoms with Crippen molar-refractivity contribution in [3.8, 4) is 23.8 Å². The van der Waals surface area contributed by atoms with Crippen LogP contribution in [0.5, 0.6) is 11.5 Å². The van der Waals surface area contributed by atoms with Crippen molar-refractivity contribution < 1.29 is 9.47 Å². The van der Waals surface area contributed by atoms with Gasteiger partial charge in [0.2, 0.25) is 0 Å². The molecular formula is C15H20ClNO2. The van der Waals surface area contributed by atoms with Crippen LogP contribution in [0.2, 0.25) is 5.02 Å². The summed E-state index contributed by atoms with van der Waals surface area (Å²) in [6.45, 7) is 2.49. The third kappa shape index (κ3) is 5.02. The van der Waals surface area contributed by atoms with Gasteiger partial charge in [-0.2, -0.15) is 0 Å². The SMILES string of the molecule is C#CCCCOc1c(CC(C)N)cc(Cl)cc1OC. The highest BCUT2D eigenvalue weighted by molar-refractivity contribution is 6.30. The van der Waals surface area contributed by atoms with E-state index >= 15 is 0 Å². The Morgan fingerprint density at radius 3 is 2.79 bits per heavy atom. The summed E-state index contributed by atoms with van der Waals surface area (Å²) in [5.41, 5.74) is 6.80. The fraction of sp³-hybridized carbons (Fsp3) is 0.467. The van der Waals surface area contributed by atoms with E-state index < -0.39 is 0 Å².